The molecule has 6 heteroatoms. The van der Waals surface area contributed by atoms with Crippen LogP contribution in [0.4, 0.5) is 5.69 Å². The molecular weight excluding hydrogens is 801 g/mol. The third kappa shape index (κ3) is 33.4. The number of ether oxygens (including phenoxy) is 2. The predicted molar refractivity (Wildman–Crippen MR) is 291 cm³/mol. The SMILES string of the molecule is C=C=C(CCCCCCCN(CCCCCCCC(=C=C)OC(CCCCCCCC)CCCCCCCC)CCCNc1c(C=C)c(=O)c1=O)OC(CC)CCCCCCCC.CC.[HH].[HH]. The fourth-order valence-corrected chi connectivity index (χ4v) is 8.78. The molecule has 0 saturated carbocycles. The molecule has 6 nitrogen and oxygen atoms in total. The predicted octanol–water partition coefficient (Wildman–Crippen LogP) is 18.0. The van der Waals surface area contributed by atoms with E-state index in [0.29, 0.717) is 23.9 Å². The molecule has 0 aliphatic rings. The lowest BCUT2D eigenvalue weighted by molar-refractivity contribution is 0.0890. The highest BCUT2D eigenvalue weighted by Crippen LogP contribution is 2.23. The first kappa shape index (κ1) is 62.2. The Hall–Kier alpha value is -2.78. The van der Waals surface area contributed by atoms with Crippen LogP contribution in [-0.2, 0) is 9.47 Å². The van der Waals surface area contributed by atoms with E-state index in [1.54, 1.807) is 0 Å². The lowest BCUT2D eigenvalue weighted by atomic mass is 10.0. The van der Waals surface area contributed by atoms with E-state index in [1.165, 1.54) is 173 Å². The molecule has 0 bridgehead atoms. The van der Waals surface area contributed by atoms with Crippen molar-refractivity contribution < 1.29 is 12.3 Å². The third-order valence-electron chi connectivity index (χ3n) is 13.0. The van der Waals surface area contributed by atoms with Gasteiger partial charge in [-0.3, -0.25) is 9.59 Å². The lowest BCUT2D eigenvalue weighted by Gasteiger charge is -2.23. The summed E-state index contributed by atoms with van der Waals surface area (Å²) < 4.78 is 13.0. The summed E-state index contributed by atoms with van der Waals surface area (Å²) in [5, 5.41) is 3.22. The maximum absolute atomic E-state index is 12.0. The van der Waals surface area contributed by atoms with E-state index < -0.39 is 10.9 Å². The van der Waals surface area contributed by atoms with Crippen LogP contribution in [0.1, 0.15) is 275 Å². The Kier molecular flexibility index (Phi) is 44.4. The summed E-state index contributed by atoms with van der Waals surface area (Å²) in [6.07, 6.45) is 45.2. The summed E-state index contributed by atoms with van der Waals surface area (Å²) in [4.78, 5) is 26.5. The van der Waals surface area contributed by atoms with Gasteiger partial charge in [0.1, 0.15) is 11.5 Å². The van der Waals surface area contributed by atoms with Gasteiger partial charge in [-0.15, -0.1) is 0 Å². The van der Waals surface area contributed by atoms with E-state index in [0.717, 1.165) is 88.9 Å². The molecule has 0 aliphatic carbocycles. The topological polar surface area (TPSA) is 67.9 Å². The molecule has 380 valence electrons. The standard InChI is InChI=1S/C57H100N2O4.C2H6.2H2/c1-8-15-18-21-26-33-41-50(11-4)62-51(12-5)42-34-29-24-31-38-47-59(49-40-46-58-55-54(14-7)56(60)57(55)61)48-39-32-25-30-35-43-52(13-6)63-53(44-36-27-22-19-16-9-2)45-37-28-23-20-17-10-3;1-2;;/h14,50,53,58H,5-11,15-49H2,1-4H3;1-2H3;2*1H. The van der Waals surface area contributed by atoms with Gasteiger partial charge in [0, 0.05) is 22.2 Å². The Morgan fingerprint density at radius 3 is 1.32 bits per heavy atom. The molecule has 1 unspecified atom stereocenters. The highest BCUT2D eigenvalue weighted by Gasteiger charge is 2.18. The summed E-state index contributed by atoms with van der Waals surface area (Å²) in [6, 6.07) is 0. The third-order valence-corrected chi connectivity index (χ3v) is 13.0. The van der Waals surface area contributed by atoms with Gasteiger partial charge in [-0.25, -0.2) is 0 Å². The molecular formula is C59H110N2O4. The molecule has 1 aromatic carbocycles. The molecule has 0 aliphatic heterocycles. The Morgan fingerprint density at radius 2 is 0.908 bits per heavy atom. The minimum atomic E-state index is -0.424. The van der Waals surface area contributed by atoms with E-state index in [-0.39, 0.29) is 8.96 Å². The molecule has 0 fully saturated rings. The molecule has 0 aromatic heterocycles. The maximum Gasteiger partial charge on any atom is 0.250 e. The van der Waals surface area contributed by atoms with Crippen molar-refractivity contribution in [1.29, 1.82) is 0 Å². The monoisotopic (exact) mass is 911 g/mol. The smallest absolute Gasteiger partial charge is 0.250 e. The van der Waals surface area contributed by atoms with Gasteiger partial charge in [0.25, 0.3) is 0 Å². The average molecular weight is 912 g/mol. The van der Waals surface area contributed by atoms with Gasteiger partial charge in [0.2, 0.25) is 10.9 Å². The van der Waals surface area contributed by atoms with Crippen molar-refractivity contribution in [2.24, 2.45) is 0 Å². The zero-order valence-corrected chi connectivity index (χ0v) is 44.0. The molecule has 1 aromatic rings. The number of rotatable bonds is 48. The normalized spacial score (nSPS) is 11.6. The number of allylic oxidation sites excluding steroid dienone is 2. The summed E-state index contributed by atoms with van der Waals surface area (Å²) >= 11 is 0. The minimum absolute atomic E-state index is 0. The van der Waals surface area contributed by atoms with Crippen LogP contribution < -0.4 is 16.2 Å². The molecule has 0 saturated heterocycles. The van der Waals surface area contributed by atoms with Crippen LogP contribution in [0.5, 0.6) is 0 Å². The van der Waals surface area contributed by atoms with Gasteiger partial charge in [-0.05, 0) is 96.7 Å². The van der Waals surface area contributed by atoms with Gasteiger partial charge >= 0.3 is 0 Å². The molecule has 0 amide bonds. The molecule has 1 N–H and O–H groups in total. The van der Waals surface area contributed by atoms with Crippen LogP contribution in [0.25, 0.3) is 6.08 Å². The molecule has 65 heavy (non-hydrogen) atoms. The Morgan fingerprint density at radius 1 is 0.538 bits per heavy atom. The quantitative estimate of drug-likeness (QED) is 0.0304. The second kappa shape index (κ2) is 46.3. The minimum Gasteiger partial charge on any atom is -0.487 e. The first-order valence-electron chi connectivity index (χ1n) is 27.9. The number of anilines is 1. The van der Waals surface area contributed by atoms with Crippen LogP contribution in [-0.4, -0.2) is 43.3 Å². The molecule has 1 atom stereocenters. The maximum atomic E-state index is 12.0. The van der Waals surface area contributed by atoms with Crippen molar-refractivity contribution in [3.8, 4) is 0 Å². The summed E-state index contributed by atoms with van der Waals surface area (Å²) in [7, 11) is 0. The van der Waals surface area contributed by atoms with Crippen molar-refractivity contribution >= 4 is 11.8 Å². The van der Waals surface area contributed by atoms with E-state index in [2.05, 4.69) is 69.1 Å². The van der Waals surface area contributed by atoms with Gasteiger partial charge in [0.15, 0.2) is 0 Å². The van der Waals surface area contributed by atoms with Crippen LogP contribution in [0.2, 0.25) is 0 Å². The molecule has 0 heterocycles. The lowest BCUT2D eigenvalue weighted by Crippen LogP contribution is -2.37. The Balaban J connectivity index is -0.0000101. The van der Waals surface area contributed by atoms with Gasteiger partial charge in [-0.2, -0.15) is 0 Å². The largest absolute Gasteiger partial charge is 0.487 e. The van der Waals surface area contributed by atoms with E-state index in [4.69, 9.17) is 9.47 Å². The van der Waals surface area contributed by atoms with Crippen LogP contribution >= 0.6 is 0 Å². The van der Waals surface area contributed by atoms with Crippen molar-refractivity contribution in [2.45, 2.75) is 278 Å². The number of nitrogens with zero attached hydrogens (tertiary/aromatic N) is 1. The van der Waals surface area contributed by atoms with Crippen LogP contribution in [0.3, 0.4) is 0 Å². The molecule has 0 spiro atoms. The van der Waals surface area contributed by atoms with Crippen molar-refractivity contribution in [2.75, 3.05) is 31.5 Å². The van der Waals surface area contributed by atoms with Gasteiger partial charge in [-0.1, -0.05) is 214 Å². The second-order valence-electron chi connectivity index (χ2n) is 18.6. The molecule has 0 radical (unpaired) electrons. The number of unbranched alkanes of at least 4 members (excludes halogenated alkanes) is 23. The fourth-order valence-electron chi connectivity index (χ4n) is 8.78. The summed E-state index contributed by atoms with van der Waals surface area (Å²) in [5.74, 6) is 1.93. The van der Waals surface area contributed by atoms with Crippen molar-refractivity contribution in [3.05, 3.63) is 68.7 Å². The van der Waals surface area contributed by atoms with Crippen molar-refractivity contribution in [3.63, 3.8) is 0 Å². The number of hydrogen-bond acceptors (Lipinski definition) is 6. The fraction of sp³-hybridized carbons (Fsp3) is 0.797. The highest BCUT2D eigenvalue weighted by molar-refractivity contribution is 5.69. The first-order chi connectivity index (χ1) is 31.9. The zero-order valence-electron chi connectivity index (χ0n) is 44.0. The van der Waals surface area contributed by atoms with E-state index >= 15 is 0 Å². The van der Waals surface area contributed by atoms with Gasteiger partial charge in [0.05, 0.1) is 23.5 Å². The van der Waals surface area contributed by atoms with Crippen LogP contribution in [0, 0.1) is 0 Å². The summed E-state index contributed by atoms with van der Waals surface area (Å²) in [5.41, 5.74) is 6.32. The van der Waals surface area contributed by atoms with E-state index in [9.17, 15) is 9.59 Å². The Labute approximate surface area is 406 Å². The number of hydrogen-bond donors (Lipinski definition) is 1. The number of nitrogens with one attached hydrogen (secondary N) is 1. The summed E-state index contributed by atoms with van der Waals surface area (Å²) in [6.45, 7) is 28.6. The van der Waals surface area contributed by atoms with Crippen LogP contribution in [0.15, 0.2) is 52.3 Å². The first-order valence-corrected chi connectivity index (χ1v) is 27.9. The highest BCUT2D eigenvalue weighted by atomic mass is 16.5. The zero-order chi connectivity index (χ0) is 48.0. The molecule has 1 rings (SSSR count). The average Bonchev–Trinajstić information content (AvgIpc) is 3.33. The van der Waals surface area contributed by atoms with Gasteiger partial charge < -0.3 is 19.7 Å². The van der Waals surface area contributed by atoms with Crippen molar-refractivity contribution in [1.82, 2.24) is 4.90 Å². The van der Waals surface area contributed by atoms with E-state index in [1.807, 2.05) is 13.8 Å². The second-order valence-corrected chi connectivity index (χ2v) is 18.6. The Bertz CT molecular complexity index is 1410.